The lowest BCUT2D eigenvalue weighted by atomic mass is 10.1. The van der Waals surface area contributed by atoms with Crippen molar-refractivity contribution in [1.29, 1.82) is 0 Å². The first kappa shape index (κ1) is 18.6. The zero-order valence-corrected chi connectivity index (χ0v) is 13.7. The van der Waals surface area contributed by atoms with Gasteiger partial charge in [0.1, 0.15) is 6.61 Å². The molecule has 0 amide bonds. The Morgan fingerprint density at radius 1 is 0.885 bits per heavy atom. The molecule has 0 radical (unpaired) electrons. The van der Waals surface area contributed by atoms with Gasteiger partial charge in [-0.1, -0.05) is 6.92 Å². The third-order valence-corrected chi connectivity index (χ3v) is 3.78. The monoisotopic (exact) mass is 374 g/mol. The third kappa shape index (κ3) is 3.96. The molecule has 2 aromatic carbocycles. The van der Waals surface area contributed by atoms with Crippen molar-refractivity contribution in [3.8, 4) is 5.75 Å². The average molecular weight is 374 g/mol. The Bertz CT molecular complexity index is 757. The van der Waals surface area contributed by atoms with Crippen LogP contribution in [-0.4, -0.2) is 13.2 Å². The van der Waals surface area contributed by atoms with Crippen molar-refractivity contribution in [2.45, 2.75) is 19.8 Å². The number of benzene rings is 2. The normalized spacial score (nSPS) is 20.2. The van der Waals surface area contributed by atoms with Crippen LogP contribution >= 0.6 is 0 Å². The number of ether oxygens (including phenoxy) is 3. The number of hydrogen-bond acceptors (Lipinski definition) is 3. The van der Waals surface area contributed by atoms with Crippen LogP contribution in [0.25, 0.3) is 0 Å². The minimum Gasteiger partial charge on any atom is -0.483 e. The second-order valence-electron chi connectivity index (χ2n) is 6.08. The van der Waals surface area contributed by atoms with Crippen LogP contribution in [0.2, 0.25) is 0 Å². The summed E-state index contributed by atoms with van der Waals surface area (Å²) in [6.07, 6.45) is -0.885. The van der Waals surface area contributed by atoms with Crippen molar-refractivity contribution in [3.05, 3.63) is 64.5 Å². The van der Waals surface area contributed by atoms with Gasteiger partial charge in [-0.3, -0.25) is 0 Å². The average Bonchev–Trinajstić information content (AvgIpc) is 2.59. The largest absolute Gasteiger partial charge is 0.483 e. The van der Waals surface area contributed by atoms with E-state index in [0.29, 0.717) is 25.3 Å². The number of halogens is 5. The molecule has 8 heteroatoms. The Hall–Kier alpha value is -2.19. The fraction of sp³-hybridized carbons (Fsp3) is 0.333. The molecule has 0 aromatic heterocycles. The zero-order valence-electron chi connectivity index (χ0n) is 13.7. The van der Waals surface area contributed by atoms with Gasteiger partial charge in [-0.2, -0.15) is 0 Å². The molecule has 0 N–H and O–H groups in total. The summed E-state index contributed by atoms with van der Waals surface area (Å²) in [6.45, 7) is 2.16. The van der Waals surface area contributed by atoms with Crippen molar-refractivity contribution in [2.24, 2.45) is 5.92 Å². The molecule has 0 unspecified atom stereocenters. The third-order valence-electron chi connectivity index (χ3n) is 3.78. The summed E-state index contributed by atoms with van der Waals surface area (Å²) in [5, 5.41) is 0. The van der Waals surface area contributed by atoms with Crippen molar-refractivity contribution in [2.75, 3.05) is 13.2 Å². The van der Waals surface area contributed by atoms with Crippen LogP contribution in [0.3, 0.4) is 0 Å². The highest BCUT2D eigenvalue weighted by atomic mass is 19.2. The maximum Gasteiger partial charge on any atom is 0.194 e. The van der Waals surface area contributed by atoms with Crippen LogP contribution in [0, 0.1) is 35.0 Å². The van der Waals surface area contributed by atoms with E-state index in [1.54, 1.807) is 0 Å². The maximum atomic E-state index is 14.2. The molecular formula is C18H15F5O3. The molecule has 0 spiro atoms. The van der Waals surface area contributed by atoms with Crippen LogP contribution < -0.4 is 4.74 Å². The van der Waals surface area contributed by atoms with Gasteiger partial charge < -0.3 is 14.2 Å². The SMILES string of the molecule is CC1COC(c2cc(F)c(OCc3cc(F)c(F)c(F)c3)c(F)c2)OC1. The van der Waals surface area contributed by atoms with E-state index in [1.165, 1.54) is 0 Å². The molecule has 0 atom stereocenters. The van der Waals surface area contributed by atoms with Gasteiger partial charge in [0.05, 0.1) is 13.2 Å². The lowest BCUT2D eigenvalue weighted by molar-refractivity contribution is -0.202. The highest BCUT2D eigenvalue weighted by Crippen LogP contribution is 2.31. The van der Waals surface area contributed by atoms with Gasteiger partial charge in [-0.25, -0.2) is 22.0 Å². The standard InChI is InChI=1S/C18H15F5O3/c1-9-6-25-18(26-7-9)11-4-14(21)17(15(22)5-11)24-8-10-2-12(19)16(23)13(20)3-10/h2-5,9,18H,6-8H2,1H3. The van der Waals surface area contributed by atoms with Crippen molar-refractivity contribution < 1.29 is 36.2 Å². The minimum absolute atomic E-state index is 0.114. The molecule has 26 heavy (non-hydrogen) atoms. The molecule has 0 aliphatic carbocycles. The van der Waals surface area contributed by atoms with Gasteiger partial charge in [-0.15, -0.1) is 0 Å². The number of rotatable bonds is 4. The molecule has 2 aromatic rings. The summed E-state index contributed by atoms with van der Waals surface area (Å²) in [6, 6.07) is 3.39. The molecule has 3 nitrogen and oxygen atoms in total. The summed E-state index contributed by atoms with van der Waals surface area (Å²) in [5.74, 6) is -7.04. The Labute approximate surface area is 146 Å². The summed E-state index contributed by atoms with van der Waals surface area (Å²) in [4.78, 5) is 0. The maximum absolute atomic E-state index is 14.2. The fourth-order valence-electron chi connectivity index (χ4n) is 2.49. The molecule has 1 aliphatic rings. The first-order valence-corrected chi connectivity index (χ1v) is 7.83. The van der Waals surface area contributed by atoms with Crippen LogP contribution in [0.5, 0.6) is 5.75 Å². The molecule has 1 aliphatic heterocycles. The highest BCUT2D eigenvalue weighted by molar-refractivity contribution is 5.32. The van der Waals surface area contributed by atoms with E-state index in [0.717, 1.165) is 12.1 Å². The molecule has 0 bridgehead atoms. The second kappa shape index (κ2) is 7.59. The fourth-order valence-corrected chi connectivity index (χ4v) is 2.49. The molecule has 0 saturated carbocycles. The Morgan fingerprint density at radius 3 is 1.96 bits per heavy atom. The predicted octanol–water partition coefficient (Wildman–Crippen LogP) is 4.64. The van der Waals surface area contributed by atoms with E-state index < -0.39 is 47.7 Å². The van der Waals surface area contributed by atoms with E-state index in [9.17, 15) is 22.0 Å². The van der Waals surface area contributed by atoms with Crippen LogP contribution in [0.4, 0.5) is 22.0 Å². The van der Waals surface area contributed by atoms with E-state index in [2.05, 4.69) is 0 Å². The lowest BCUT2D eigenvalue weighted by Gasteiger charge is -2.27. The zero-order chi connectivity index (χ0) is 18.8. The summed E-state index contributed by atoms with van der Waals surface area (Å²) in [7, 11) is 0. The molecule has 140 valence electrons. The minimum atomic E-state index is -1.63. The van der Waals surface area contributed by atoms with Gasteiger partial charge >= 0.3 is 0 Å². The van der Waals surface area contributed by atoms with Crippen LogP contribution in [0.1, 0.15) is 24.3 Å². The van der Waals surface area contributed by atoms with Gasteiger partial charge in [-0.05, 0) is 29.8 Å². The molecule has 3 rings (SSSR count). The topological polar surface area (TPSA) is 27.7 Å². The van der Waals surface area contributed by atoms with Gasteiger partial charge in [0.2, 0.25) is 0 Å². The van der Waals surface area contributed by atoms with Gasteiger partial charge in [0.25, 0.3) is 0 Å². The van der Waals surface area contributed by atoms with E-state index in [4.69, 9.17) is 14.2 Å². The Kier molecular flexibility index (Phi) is 5.43. The van der Waals surface area contributed by atoms with Crippen molar-refractivity contribution in [1.82, 2.24) is 0 Å². The quantitative estimate of drug-likeness (QED) is 0.576. The summed E-state index contributed by atoms with van der Waals surface area (Å²) in [5.41, 5.74) is 0.0373. The first-order chi connectivity index (χ1) is 12.3. The van der Waals surface area contributed by atoms with Crippen molar-refractivity contribution >= 4 is 0 Å². The van der Waals surface area contributed by atoms with Crippen LogP contribution in [-0.2, 0) is 16.1 Å². The molecule has 1 fully saturated rings. The van der Waals surface area contributed by atoms with Crippen molar-refractivity contribution in [3.63, 3.8) is 0 Å². The van der Waals surface area contributed by atoms with E-state index in [1.807, 2.05) is 6.92 Å². The smallest absolute Gasteiger partial charge is 0.194 e. The summed E-state index contributed by atoms with van der Waals surface area (Å²) < 4.78 is 83.3. The number of hydrogen-bond donors (Lipinski definition) is 0. The van der Waals surface area contributed by atoms with E-state index >= 15 is 0 Å². The first-order valence-electron chi connectivity index (χ1n) is 7.83. The Morgan fingerprint density at radius 2 is 1.42 bits per heavy atom. The molecule has 1 heterocycles. The molecule has 1 saturated heterocycles. The second-order valence-corrected chi connectivity index (χ2v) is 6.08. The highest BCUT2D eigenvalue weighted by Gasteiger charge is 2.24. The predicted molar refractivity (Wildman–Crippen MR) is 80.8 cm³/mol. The van der Waals surface area contributed by atoms with Gasteiger partial charge in [0, 0.05) is 11.5 Å². The summed E-state index contributed by atoms with van der Waals surface area (Å²) >= 11 is 0. The van der Waals surface area contributed by atoms with Gasteiger partial charge in [0.15, 0.2) is 41.1 Å². The molecular weight excluding hydrogens is 359 g/mol. The Balaban J connectivity index is 1.74. The van der Waals surface area contributed by atoms with E-state index in [-0.39, 0.29) is 17.0 Å². The lowest BCUT2D eigenvalue weighted by Crippen LogP contribution is -2.25. The van der Waals surface area contributed by atoms with Crippen LogP contribution in [0.15, 0.2) is 24.3 Å².